The van der Waals surface area contributed by atoms with E-state index in [-0.39, 0.29) is 0 Å². The Balaban J connectivity index is 2.08. The molecule has 0 aliphatic carbocycles. The summed E-state index contributed by atoms with van der Waals surface area (Å²) in [6.07, 6.45) is 0. The molecule has 0 saturated carbocycles. The molecule has 3 rings (SSSR count). The van der Waals surface area contributed by atoms with Crippen LogP contribution in [0.5, 0.6) is 0 Å². The zero-order chi connectivity index (χ0) is 17.3. The highest BCUT2D eigenvalue weighted by molar-refractivity contribution is 6.12. The highest BCUT2D eigenvalue weighted by atomic mass is 15.1. The molecule has 0 spiro atoms. The first-order chi connectivity index (χ1) is 11.5. The van der Waals surface area contributed by atoms with E-state index in [0.717, 1.165) is 27.8 Å². The van der Waals surface area contributed by atoms with E-state index in [4.69, 9.17) is 10.8 Å². The SMILES string of the molecule is Cc1ccc2nc(/C(=N/N)c3ccc(N(C)C)cc3)cc(C)c2c1. The zero-order valence-corrected chi connectivity index (χ0v) is 14.5. The Morgan fingerprint density at radius 1 is 1.00 bits per heavy atom. The van der Waals surface area contributed by atoms with Gasteiger partial charge in [0.2, 0.25) is 0 Å². The second kappa shape index (κ2) is 6.32. The third-order valence-electron chi connectivity index (χ3n) is 4.20. The van der Waals surface area contributed by atoms with Crippen LogP contribution in [0.25, 0.3) is 10.9 Å². The molecular formula is C20H22N4. The lowest BCUT2D eigenvalue weighted by Gasteiger charge is -2.13. The van der Waals surface area contributed by atoms with Crippen molar-refractivity contribution in [3.05, 3.63) is 70.9 Å². The molecule has 4 nitrogen and oxygen atoms in total. The van der Waals surface area contributed by atoms with Gasteiger partial charge in [0.1, 0.15) is 5.71 Å². The van der Waals surface area contributed by atoms with Gasteiger partial charge in [0.05, 0.1) is 11.2 Å². The van der Waals surface area contributed by atoms with Gasteiger partial charge in [-0.25, -0.2) is 4.98 Å². The minimum absolute atomic E-state index is 0.700. The van der Waals surface area contributed by atoms with E-state index in [0.29, 0.717) is 5.71 Å². The fourth-order valence-electron chi connectivity index (χ4n) is 2.84. The number of hydrogen-bond donors (Lipinski definition) is 1. The van der Waals surface area contributed by atoms with E-state index in [9.17, 15) is 0 Å². The van der Waals surface area contributed by atoms with Crippen molar-refractivity contribution in [2.24, 2.45) is 10.9 Å². The first-order valence-corrected chi connectivity index (χ1v) is 7.93. The lowest BCUT2D eigenvalue weighted by atomic mass is 10.0. The van der Waals surface area contributed by atoms with Gasteiger partial charge >= 0.3 is 0 Å². The van der Waals surface area contributed by atoms with Crippen LogP contribution in [0.3, 0.4) is 0 Å². The third-order valence-corrected chi connectivity index (χ3v) is 4.20. The number of aromatic nitrogens is 1. The summed E-state index contributed by atoms with van der Waals surface area (Å²) < 4.78 is 0. The predicted molar refractivity (Wildman–Crippen MR) is 102 cm³/mol. The van der Waals surface area contributed by atoms with Gasteiger partial charge < -0.3 is 10.7 Å². The van der Waals surface area contributed by atoms with Gasteiger partial charge in [-0.2, -0.15) is 5.10 Å². The van der Waals surface area contributed by atoms with Crippen molar-refractivity contribution in [3.63, 3.8) is 0 Å². The molecule has 24 heavy (non-hydrogen) atoms. The molecule has 3 aromatic rings. The summed E-state index contributed by atoms with van der Waals surface area (Å²) in [7, 11) is 4.03. The van der Waals surface area contributed by atoms with E-state index in [1.807, 2.05) is 38.4 Å². The summed E-state index contributed by atoms with van der Waals surface area (Å²) in [6, 6.07) is 16.5. The lowest BCUT2D eigenvalue weighted by molar-refractivity contribution is 1.13. The Bertz CT molecular complexity index is 909. The fraction of sp³-hybridized carbons (Fsp3) is 0.200. The molecule has 1 heterocycles. The second-order valence-corrected chi connectivity index (χ2v) is 6.26. The average molecular weight is 318 g/mol. The monoisotopic (exact) mass is 318 g/mol. The Morgan fingerprint density at radius 3 is 2.33 bits per heavy atom. The number of rotatable bonds is 3. The molecule has 0 aliphatic heterocycles. The first-order valence-electron chi connectivity index (χ1n) is 7.93. The first kappa shape index (κ1) is 16.0. The number of anilines is 1. The summed E-state index contributed by atoms with van der Waals surface area (Å²) in [4.78, 5) is 6.82. The molecule has 0 saturated heterocycles. The summed E-state index contributed by atoms with van der Waals surface area (Å²) in [5.41, 5.74) is 6.95. The molecule has 0 fully saturated rings. The molecule has 2 aromatic carbocycles. The molecular weight excluding hydrogens is 296 g/mol. The van der Waals surface area contributed by atoms with Crippen LogP contribution in [-0.2, 0) is 0 Å². The predicted octanol–water partition coefficient (Wildman–Crippen LogP) is 3.63. The zero-order valence-electron chi connectivity index (χ0n) is 14.5. The molecule has 0 amide bonds. The average Bonchev–Trinajstić information content (AvgIpc) is 2.57. The van der Waals surface area contributed by atoms with E-state index < -0.39 is 0 Å². The van der Waals surface area contributed by atoms with Crippen LogP contribution < -0.4 is 10.7 Å². The Kier molecular flexibility index (Phi) is 4.21. The minimum Gasteiger partial charge on any atom is -0.378 e. The molecule has 0 bridgehead atoms. The molecule has 0 unspecified atom stereocenters. The van der Waals surface area contributed by atoms with Crippen LogP contribution in [0.4, 0.5) is 5.69 Å². The third kappa shape index (κ3) is 2.95. The maximum atomic E-state index is 5.69. The maximum absolute atomic E-state index is 5.69. The smallest absolute Gasteiger partial charge is 0.116 e. The van der Waals surface area contributed by atoms with Crippen molar-refractivity contribution in [3.8, 4) is 0 Å². The number of nitrogens with zero attached hydrogens (tertiary/aromatic N) is 3. The van der Waals surface area contributed by atoms with Crippen molar-refractivity contribution in [1.29, 1.82) is 0 Å². The van der Waals surface area contributed by atoms with Crippen LogP contribution in [-0.4, -0.2) is 24.8 Å². The van der Waals surface area contributed by atoms with Crippen LogP contribution in [0.1, 0.15) is 22.4 Å². The summed E-state index contributed by atoms with van der Waals surface area (Å²) in [5, 5.41) is 5.17. The van der Waals surface area contributed by atoms with E-state index in [1.165, 1.54) is 11.1 Å². The highest BCUT2D eigenvalue weighted by Gasteiger charge is 2.12. The number of fused-ring (bicyclic) bond motifs is 1. The molecule has 2 N–H and O–H groups in total. The molecule has 0 radical (unpaired) electrons. The van der Waals surface area contributed by atoms with Crippen molar-refractivity contribution >= 4 is 22.3 Å². The standard InChI is InChI=1S/C20H22N4/c1-13-5-10-18-17(11-13)14(2)12-19(22-18)20(23-21)15-6-8-16(9-7-15)24(3)4/h5-12H,21H2,1-4H3/b23-20+. The van der Waals surface area contributed by atoms with Crippen LogP contribution in [0, 0.1) is 13.8 Å². The number of pyridine rings is 1. The molecule has 4 heteroatoms. The fourth-order valence-corrected chi connectivity index (χ4v) is 2.84. The Hall–Kier alpha value is -2.88. The van der Waals surface area contributed by atoms with Gasteiger partial charge in [-0.3, -0.25) is 0 Å². The lowest BCUT2D eigenvalue weighted by Crippen LogP contribution is -2.11. The summed E-state index contributed by atoms with van der Waals surface area (Å²) >= 11 is 0. The largest absolute Gasteiger partial charge is 0.378 e. The summed E-state index contributed by atoms with van der Waals surface area (Å²) in [6.45, 7) is 4.18. The number of hydrogen-bond acceptors (Lipinski definition) is 4. The van der Waals surface area contributed by atoms with Gasteiger partial charge in [-0.05, 0) is 49.7 Å². The molecule has 0 atom stereocenters. The van der Waals surface area contributed by atoms with Crippen molar-refractivity contribution in [2.45, 2.75) is 13.8 Å². The number of nitrogens with two attached hydrogens (primary N) is 1. The van der Waals surface area contributed by atoms with Gasteiger partial charge in [0.15, 0.2) is 0 Å². The quantitative estimate of drug-likeness (QED) is 0.456. The normalized spacial score (nSPS) is 11.8. The van der Waals surface area contributed by atoms with Crippen molar-refractivity contribution in [2.75, 3.05) is 19.0 Å². The Labute approximate surface area is 142 Å². The van der Waals surface area contributed by atoms with Gasteiger partial charge in [0, 0.05) is 30.7 Å². The topological polar surface area (TPSA) is 54.5 Å². The minimum atomic E-state index is 0.700. The van der Waals surface area contributed by atoms with E-state index in [2.05, 4.69) is 48.1 Å². The number of aryl methyl sites for hydroxylation is 2. The van der Waals surface area contributed by atoms with Crippen LogP contribution in [0.15, 0.2) is 53.6 Å². The van der Waals surface area contributed by atoms with E-state index in [1.54, 1.807) is 0 Å². The maximum Gasteiger partial charge on any atom is 0.116 e. The summed E-state index contributed by atoms with van der Waals surface area (Å²) in [5.74, 6) is 5.69. The second-order valence-electron chi connectivity index (χ2n) is 6.26. The van der Waals surface area contributed by atoms with Crippen LogP contribution >= 0.6 is 0 Å². The number of benzene rings is 2. The van der Waals surface area contributed by atoms with Crippen LogP contribution in [0.2, 0.25) is 0 Å². The molecule has 122 valence electrons. The van der Waals surface area contributed by atoms with Crippen molar-refractivity contribution in [1.82, 2.24) is 4.98 Å². The number of hydrazone groups is 1. The Morgan fingerprint density at radius 2 is 1.71 bits per heavy atom. The van der Waals surface area contributed by atoms with Gasteiger partial charge in [0.25, 0.3) is 0 Å². The van der Waals surface area contributed by atoms with E-state index >= 15 is 0 Å². The van der Waals surface area contributed by atoms with Crippen molar-refractivity contribution < 1.29 is 0 Å². The molecule has 1 aromatic heterocycles. The van der Waals surface area contributed by atoms with Gasteiger partial charge in [-0.15, -0.1) is 0 Å². The van der Waals surface area contributed by atoms with Gasteiger partial charge in [-0.1, -0.05) is 23.8 Å². The molecule has 0 aliphatic rings. The highest BCUT2D eigenvalue weighted by Crippen LogP contribution is 2.22.